The molecular weight excluding hydrogens is 429 g/mol. The first-order valence-electron chi connectivity index (χ1n) is 10.9. The van der Waals surface area contributed by atoms with E-state index in [-0.39, 0.29) is 29.7 Å². The quantitative estimate of drug-likeness (QED) is 0.707. The molecule has 2 fully saturated rings. The van der Waals surface area contributed by atoms with Crippen molar-refractivity contribution in [3.63, 3.8) is 0 Å². The van der Waals surface area contributed by atoms with E-state index in [1.807, 2.05) is 12.1 Å². The Bertz CT molecular complexity index is 1130. The molecule has 4 rings (SSSR count). The molecule has 32 heavy (non-hydrogen) atoms. The van der Waals surface area contributed by atoms with Crippen LogP contribution in [0.15, 0.2) is 53.4 Å². The van der Waals surface area contributed by atoms with E-state index in [0.717, 1.165) is 24.8 Å². The zero-order valence-electron chi connectivity index (χ0n) is 17.8. The summed E-state index contributed by atoms with van der Waals surface area (Å²) in [6.45, 7) is 0.997. The van der Waals surface area contributed by atoms with Crippen LogP contribution in [-0.2, 0) is 20.2 Å². The van der Waals surface area contributed by atoms with E-state index in [4.69, 9.17) is 5.26 Å². The predicted molar refractivity (Wildman–Crippen MR) is 118 cm³/mol. The number of nitriles is 1. The fourth-order valence-corrected chi connectivity index (χ4v) is 6.27. The minimum absolute atomic E-state index is 0.0294. The molecule has 0 bridgehead atoms. The van der Waals surface area contributed by atoms with Crippen molar-refractivity contribution in [3.05, 3.63) is 65.5 Å². The second-order valence-corrected chi connectivity index (χ2v) is 10.4. The normalized spacial score (nSPS) is 19.3. The van der Waals surface area contributed by atoms with Crippen molar-refractivity contribution in [1.82, 2.24) is 9.21 Å². The van der Waals surface area contributed by atoms with Crippen LogP contribution in [0.4, 0.5) is 4.39 Å². The Kier molecular flexibility index (Phi) is 6.31. The molecule has 1 amide bonds. The van der Waals surface area contributed by atoms with Crippen LogP contribution in [-0.4, -0.2) is 49.7 Å². The van der Waals surface area contributed by atoms with Crippen LogP contribution in [0.5, 0.6) is 0 Å². The molecule has 1 saturated carbocycles. The van der Waals surface area contributed by atoms with Crippen molar-refractivity contribution in [2.75, 3.05) is 26.2 Å². The van der Waals surface area contributed by atoms with Crippen LogP contribution in [0.25, 0.3) is 0 Å². The van der Waals surface area contributed by atoms with Crippen LogP contribution < -0.4 is 0 Å². The largest absolute Gasteiger partial charge is 0.339 e. The van der Waals surface area contributed by atoms with Gasteiger partial charge in [0.15, 0.2) is 0 Å². The Morgan fingerprint density at radius 1 is 0.969 bits per heavy atom. The number of benzene rings is 2. The first kappa shape index (κ1) is 22.4. The van der Waals surface area contributed by atoms with Crippen molar-refractivity contribution in [3.8, 4) is 6.07 Å². The van der Waals surface area contributed by atoms with Crippen LogP contribution in [0.2, 0.25) is 0 Å². The number of rotatable bonds is 4. The average Bonchev–Trinajstić information content (AvgIpc) is 2.84. The van der Waals surface area contributed by atoms with Gasteiger partial charge in [-0.3, -0.25) is 4.79 Å². The minimum Gasteiger partial charge on any atom is -0.339 e. The topological polar surface area (TPSA) is 81.5 Å². The molecule has 2 aliphatic rings. The standard InChI is InChI=1S/C24H26FN3O3S/c25-21-6-4-5-20(17-21)24(11-2-1-3-12-24)23(29)27-13-15-28(16-14-27)32(30,31)22-9-7-19(18-26)8-10-22/h4-10,17H,1-3,11-16H2. The predicted octanol–water partition coefficient (Wildman–Crippen LogP) is 3.43. The van der Waals surface area contributed by atoms with E-state index < -0.39 is 15.4 Å². The molecule has 0 N–H and O–H groups in total. The number of carbonyl (C=O) groups excluding carboxylic acids is 1. The molecule has 6 nitrogen and oxygen atoms in total. The number of carbonyl (C=O) groups is 1. The molecule has 2 aromatic carbocycles. The van der Waals surface area contributed by atoms with Gasteiger partial charge in [-0.25, -0.2) is 12.8 Å². The fraction of sp³-hybridized carbons (Fsp3) is 0.417. The van der Waals surface area contributed by atoms with Crippen molar-refractivity contribution < 1.29 is 17.6 Å². The highest BCUT2D eigenvalue weighted by Gasteiger charge is 2.44. The maximum atomic E-state index is 14.0. The minimum atomic E-state index is -3.70. The van der Waals surface area contributed by atoms with Crippen LogP contribution in [0.1, 0.15) is 43.2 Å². The summed E-state index contributed by atoms with van der Waals surface area (Å²) >= 11 is 0. The second-order valence-electron chi connectivity index (χ2n) is 8.49. The lowest BCUT2D eigenvalue weighted by molar-refractivity contribution is -0.140. The van der Waals surface area contributed by atoms with Gasteiger partial charge in [0.2, 0.25) is 15.9 Å². The maximum absolute atomic E-state index is 14.0. The van der Waals surface area contributed by atoms with Gasteiger partial charge in [0.05, 0.1) is 21.9 Å². The van der Waals surface area contributed by atoms with Gasteiger partial charge in [-0.2, -0.15) is 9.57 Å². The lowest BCUT2D eigenvalue weighted by Gasteiger charge is -2.43. The van der Waals surface area contributed by atoms with Gasteiger partial charge in [0.1, 0.15) is 5.82 Å². The maximum Gasteiger partial charge on any atom is 0.243 e. The third kappa shape index (κ3) is 4.15. The molecule has 2 aromatic rings. The molecule has 1 saturated heterocycles. The number of piperazine rings is 1. The van der Waals surface area contributed by atoms with E-state index in [1.165, 1.54) is 40.7 Å². The van der Waals surface area contributed by atoms with E-state index in [9.17, 15) is 17.6 Å². The third-order valence-corrected chi connectivity index (χ3v) is 8.55. The summed E-state index contributed by atoms with van der Waals surface area (Å²) in [4.78, 5) is 15.6. The molecular formula is C24H26FN3O3S. The van der Waals surface area contributed by atoms with E-state index >= 15 is 0 Å². The van der Waals surface area contributed by atoms with Crippen molar-refractivity contribution in [2.24, 2.45) is 0 Å². The van der Waals surface area contributed by atoms with Gasteiger partial charge in [0.25, 0.3) is 0 Å². The summed E-state index contributed by atoms with van der Waals surface area (Å²) in [7, 11) is -3.70. The first-order valence-corrected chi connectivity index (χ1v) is 12.4. The molecule has 0 unspecified atom stereocenters. The molecule has 0 spiro atoms. The number of hydrogen-bond donors (Lipinski definition) is 0. The molecule has 0 aromatic heterocycles. The van der Waals surface area contributed by atoms with Gasteiger partial charge >= 0.3 is 0 Å². The molecule has 1 aliphatic carbocycles. The number of nitrogens with zero attached hydrogens (tertiary/aromatic N) is 3. The summed E-state index contributed by atoms with van der Waals surface area (Å²) in [5.41, 5.74) is 0.374. The number of amides is 1. The molecule has 168 valence electrons. The van der Waals surface area contributed by atoms with Crippen LogP contribution in [0.3, 0.4) is 0 Å². The Labute approximate surface area is 188 Å². The second kappa shape index (κ2) is 9.00. The number of sulfonamides is 1. The highest BCUT2D eigenvalue weighted by Crippen LogP contribution is 2.41. The van der Waals surface area contributed by atoms with Gasteiger partial charge in [0, 0.05) is 26.2 Å². The van der Waals surface area contributed by atoms with Gasteiger partial charge in [-0.15, -0.1) is 0 Å². The first-order chi connectivity index (χ1) is 15.4. The van der Waals surface area contributed by atoms with Gasteiger partial charge in [-0.05, 0) is 54.8 Å². The molecule has 0 radical (unpaired) electrons. The third-order valence-electron chi connectivity index (χ3n) is 6.64. The smallest absolute Gasteiger partial charge is 0.243 e. The molecule has 1 aliphatic heterocycles. The number of halogens is 1. The summed E-state index contributed by atoms with van der Waals surface area (Å²) < 4.78 is 41.3. The molecule has 1 heterocycles. The Hall–Kier alpha value is -2.76. The highest BCUT2D eigenvalue weighted by atomic mass is 32.2. The zero-order chi connectivity index (χ0) is 22.8. The Balaban J connectivity index is 1.51. The monoisotopic (exact) mass is 455 g/mol. The van der Waals surface area contributed by atoms with E-state index in [2.05, 4.69) is 0 Å². The average molecular weight is 456 g/mol. The lowest BCUT2D eigenvalue weighted by atomic mass is 9.68. The summed E-state index contributed by atoms with van der Waals surface area (Å²) in [6.07, 6.45) is 4.24. The summed E-state index contributed by atoms with van der Waals surface area (Å²) in [5, 5.41) is 8.92. The Morgan fingerprint density at radius 3 is 2.22 bits per heavy atom. The van der Waals surface area contributed by atoms with Crippen molar-refractivity contribution in [2.45, 2.75) is 42.4 Å². The van der Waals surface area contributed by atoms with Crippen molar-refractivity contribution >= 4 is 15.9 Å². The van der Waals surface area contributed by atoms with Crippen LogP contribution in [0, 0.1) is 17.1 Å². The molecule has 0 atom stereocenters. The van der Waals surface area contributed by atoms with E-state index in [0.29, 0.717) is 31.5 Å². The van der Waals surface area contributed by atoms with Gasteiger partial charge < -0.3 is 4.90 Å². The molecule has 8 heteroatoms. The Morgan fingerprint density at radius 2 is 1.62 bits per heavy atom. The van der Waals surface area contributed by atoms with Crippen molar-refractivity contribution in [1.29, 1.82) is 5.26 Å². The highest BCUT2D eigenvalue weighted by molar-refractivity contribution is 7.89. The number of hydrogen-bond acceptors (Lipinski definition) is 4. The zero-order valence-corrected chi connectivity index (χ0v) is 18.7. The lowest BCUT2D eigenvalue weighted by Crippen LogP contribution is -2.56. The summed E-state index contributed by atoms with van der Waals surface area (Å²) in [5.74, 6) is -0.378. The van der Waals surface area contributed by atoms with E-state index in [1.54, 1.807) is 11.0 Å². The SMILES string of the molecule is N#Cc1ccc(S(=O)(=O)N2CCN(C(=O)C3(c4cccc(F)c4)CCCCC3)CC2)cc1. The van der Waals surface area contributed by atoms with Gasteiger partial charge in [-0.1, -0.05) is 31.4 Å². The van der Waals surface area contributed by atoms with Crippen LogP contribution >= 0.6 is 0 Å². The fourth-order valence-electron chi connectivity index (χ4n) is 4.85. The summed E-state index contributed by atoms with van der Waals surface area (Å²) in [6, 6.07) is 14.2.